The molecule has 0 saturated carbocycles. The van der Waals surface area contributed by atoms with Crippen molar-refractivity contribution in [1.29, 1.82) is 0 Å². The zero-order valence-electron chi connectivity index (χ0n) is 40.4. The molecule has 0 fully saturated rings. The topological polar surface area (TPSA) is 9.86 Å². The first-order valence-electron chi connectivity index (χ1n) is 24.3. The van der Waals surface area contributed by atoms with Crippen molar-refractivity contribution in [3.05, 3.63) is 242 Å². The monoisotopic (exact) mass is 795 g/mol. The Morgan fingerprint density at radius 3 is 1.58 bits per heavy atom. The van der Waals surface area contributed by atoms with Crippen LogP contribution in [0.2, 0.25) is 0 Å². The van der Waals surface area contributed by atoms with E-state index in [2.05, 4.69) is 95.6 Å². The molecule has 290 valence electrons. The van der Waals surface area contributed by atoms with Gasteiger partial charge in [-0.05, 0) is 122 Å². The van der Waals surface area contributed by atoms with Crippen molar-refractivity contribution in [3.63, 3.8) is 0 Å². The minimum Gasteiger partial charge on any atom is -0.309 e. The van der Waals surface area contributed by atoms with Crippen LogP contribution >= 0.6 is 0 Å². The molecule has 0 aliphatic heterocycles. The molecule has 0 spiro atoms. The minimum atomic E-state index is -0.428. The Morgan fingerprint density at radius 2 is 0.839 bits per heavy atom. The van der Waals surface area contributed by atoms with Crippen LogP contribution in [-0.2, 0) is 0 Å². The molecule has 0 amide bonds. The molecule has 2 heteroatoms. The van der Waals surface area contributed by atoms with E-state index in [4.69, 9.17) is 2.74 Å². The van der Waals surface area contributed by atoms with Crippen molar-refractivity contribution >= 4 is 43.6 Å². The summed E-state index contributed by atoms with van der Waals surface area (Å²) in [6, 6.07) is 65.6. The van der Waals surface area contributed by atoms with Gasteiger partial charge in [-0.1, -0.05) is 176 Å². The second-order valence-corrected chi connectivity index (χ2v) is 15.6. The number of rotatable bonds is 7. The van der Waals surface area contributed by atoms with Crippen LogP contribution in [0.25, 0.3) is 111 Å². The Bertz CT molecular complexity index is 4010. The lowest BCUT2D eigenvalue weighted by molar-refractivity contribution is 1.18. The fraction of sp³-hybridized carbons (Fsp3) is 0. The zero-order chi connectivity index (χ0) is 47.1. The van der Waals surface area contributed by atoms with E-state index in [0.717, 1.165) is 72.0 Å². The van der Waals surface area contributed by atoms with Crippen LogP contribution in [0.3, 0.4) is 0 Å². The van der Waals surface area contributed by atoms with Crippen LogP contribution in [0, 0.1) is 0 Å². The second kappa shape index (κ2) is 14.8. The number of nitrogens with zero attached hydrogens (tertiary/aromatic N) is 2. The van der Waals surface area contributed by atoms with Gasteiger partial charge in [-0.25, -0.2) is 0 Å². The summed E-state index contributed by atoms with van der Waals surface area (Å²) in [5, 5.41) is 2.21. The molecule has 0 saturated heterocycles. The summed E-state index contributed by atoms with van der Waals surface area (Å²) < 4.78 is 69.4. The smallest absolute Gasteiger partial charge is 0.0645 e. The number of hydrogen-bond donors (Lipinski definition) is 0. The fourth-order valence-corrected chi connectivity index (χ4v) is 9.05. The number of fused-ring (bicyclic) bond motifs is 6. The lowest BCUT2D eigenvalue weighted by Gasteiger charge is -2.11. The molecule has 10 aromatic carbocycles. The maximum absolute atomic E-state index is 10.0. The zero-order valence-corrected chi connectivity index (χ0v) is 33.4. The molecule has 0 atom stereocenters. The van der Waals surface area contributed by atoms with E-state index < -0.39 is 12.1 Å². The van der Waals surface area contributed by atoms with E-state index in [9.17, 15) is 6.85 Å². The minimum absolute atomic E-state index is 0.0878. The molecule has 0 radical (unpaired) electrons. The Kier molecular flexibility index (Phi) is 6.95. The molecule has 0 unspecified atom stereocenters. The molecular formula is C60H40N2. The number of hydrogen-bond acceptors (Lipinski definition) is 0. The standard InChI is InChI=1S/C60H40N2/c1-4-15-41(16-5-1)44-29-33-50(34-30-44)61-56-27-11-10-25-53(56)54-39-47(31-35-57(54)61)48-32-36-58-55(40-48)60-52(49-23-12-21-45(37-49)42-17-6-2-7-18-42)26-14-28-59(60)62(58)51-24-13-22-46(38-51)43-19-8-3-9-20-43/h1-40H/i10D,11D,25D,27D,31D,35D,39D. The largest absolute Gasteiger partial charge is 0.309 e. The molecule has 0 aliphatic carbocycles. The lowest BCUT2D eigenvalue weighted by Crippen LogP contribution is -1.94. The molecule has 12 rings (SSSR count). The van der Waals surface area contributed by atoms with Crippen LogP contribution in [0.15, 0.2) is 242 Å². The lowest BCUT2D eigenvalue weighted by atomic mass is 9.95. The molecule has 62 heavy (non-hydrogen) atoms. The summed E-state index contributed by atoms with van der Waals surface area (Å²) in [6.45, 7) is 0. The highest BCUT2D eigenvalue weighted by atomic mass is 15.0. The molecule has 0 N–H and O–H groups in total. The molecule has 0 bridgehead atoms. The van der Waals surface area contributed by atoms with Crippen LogP contribution in [-0.4, -0.2) is 9.13 Å². The molecule has 0 aliphatic rings. The SMILES string of the molecule is [2H]c1c([2H])c([2H])c2c(c1[2H])c1c([2H])c(-c3ccc4c(c3)c3c(-c5cccc(-c6ccccc6)c5)cccc3n4-c3cccc(-c4ccccc4)c3)c([2H])c([2H])c1n2-c1ccc(-c2ccccc2)cc1. The average molecular weight is 796 g/mol. The van der Waals surface area contributed by atoms with Gasteiger partial charge >= 0.3 is 0 Å². The average Bonchev–Trinajstić information content (AvgIpc) is 3.94. The van der Waals surface area contributed by atoms with Gasteiger partial charge in [0, 0.05) is 32.9 Å². The summed E-state index contributed by atoms with van der Waals surface area (Å²) in [7, 11) is 0. The highest BCUT2D eigenvalue weighted by Crippen LogP contribution is 2.42. The fourth-order valence-electron chi connectivity index (χ4n) is 9.05. The third-order valence-electron chi connectivity index (χ3n) is 12.0. The Morgan fingerprint density at radius 1 is 0.290 bits per heavy atom. The van der Waals surface area contributed by atoms with Gasteiger partial charge in [0.2, 0.25) is 0 Å². The van der Waals surface area contributed by atoms with Crippen molar-refractivity contribution in [2.45, 2.75) is 0 Å². The molecule has 12 aromatic rings. The summed E-state index contributed by atoms with van der Waals surface area (Å²) in [5.74, 6) is 0. The predicted molar refractivity (Wildman–Crippen MR) is 262 cm³/mol. The van der Waals surface area contributed by atoms with E-state index in [0.29, 0.717) is 11.3 Å². The van der Waals surface area contributed by atoms with Crippen molar-refractivity contribution in [2.24, 2.45) is 0 Å². The van der Waals surface area contributed by atoms with Crippen molar-refractivity contribution < 1.29 is 9.60 Å². The van der Waals surface area contributed by atoms with Gasteiger partial charge in [0.25, 0.3) is 0 Å². The number of para-hydroxylation sites is 1. The van der Waals surface area contributed by atoms with Crippen LogP contribution in [0.4, 0.5) is 0 Å². The Hall–Kier alpha value is -8.20. The van der Waals surface area contributed by atoms with Crippen LogP contribution < -0.4 is 0 Å². The highest BCUT2D eigenvalue weighted by molar-refractivity contribution is 6.17. The number of benzene rings is 10. The van der Waals surface area contributed by atoms with E-state index >= 15 is 0 Å². The van der Waals surface area contributed by atoms with E-state index in [-0.39, 0.29) is 57.6 Å². The van der Waals surface area contributed by atoms with Gasteiger partial charge < -0.3 is 9.13 Å². The first-order chi connectivity index (χ1) is 33.7. The van der Waals surface area contributed by atoms with Crippen molar-refractivity contribution in [2.75, 3.05) is 0 Å². The Labute approximate surface area is 370 Å². The summed E-state index contributed by atoms with van der Waals surface area (Å²) >= 11 is 0. The van der Waals surface area contributed by atoms with E-state index in [1.807, 2.05) is 109 Å². The second-order valence-electron chi connectivity index (χ2n) is 15.6. The molecular weight excluding hydrogens is 749 g/mol. The van der Waals surface area contributed by atoms with E-state index in [1.54, 1.807) is 4.57 Å². The first-order valence-corrected chi connectivity index (χ1v) is 20.8. The van der Waals surface area contributed by atoms with Gasteiger partial charge in [0.15, 0.2) is 0 Å². The quantitative estimate of drug-likeness (QED) is 0.152. The molecule has 2 heterocycles. The maximum atomic E-state index is 10.0. The third kappa shape index (κ3) is 6.04. The van der Waals surface area contributed by atoms with Gasteiger partial charge in [0.1, 0.15) is 0 Å². The maximum Gasteiger partial charge on any atom is 0.0645 e. The summed E-state index contributed by atoms with van der Waals surface area (Å²) in [4.78, 5) is 0. The summed E-state index contributed by atoms with van der Waals surface area (Å²) in [6.07, 6.45) is 0. The van der Waals surface area contributed by atoms with Crippen molar-refractivity contribution in [3.8, 4) is 67.0 Å². The third-order valence-corrected chi connectivity index (χ3v) is 12.0. The van der Waals surface area contributed by atoms with Gasteiger partial charge in [-0.3, -0.25) is 0 Å². The van der Waals surface area contributed by atoms with Gasteiger partial charge in [-0.15, -0.1) is 0 Å². The highest BCUT2D eigenvalue weighted by Gasteiger charge is 2.19. The van der Waals surface area contributed by atoms with Gasteiger partial charge in [-0.2, -0.15) is 0 Å². The van der Waals surface area contributed by atoms with E-state index in [1.165, 1.54) is 0 Å². The Balaban J connectivity index is 1.13. The molecule has 2 aromatic heterocycles. The van der Waals surface area contributed by atoms with Crippen LogP contribution in [0.5, 0.6) is 0 Å². The molecule has 2 nitrogen and oxygen atoms in total. The first kappa shape index (κ1) is 29.1. The number of aromatic nitrogens is 2. The normalized spacial score (nSPS) is 13.1. The van der Waals surface area contributed by atoms with Crippen LogP contribution in [0.1, 0.15) is 9.60 Å². The van der Waals surface area contributed by atoms with Gasteiger partial charge in [0.05, 0.1) is 31.7 Å². The summed E-state index contributed by atoms with van der Waals surface area (Å²) in [5.41, 5.74) is 12.9. The van der Waals surface area contributed by atoms with Crippen molar-refractivity contribution in [1.82, 2.24) is 9.13 Å². The predicted octanol–water partition coefficient (Wildman–Crippen LogP) is 16.2.